The Morgan fingerprint density at radius 1 is 0.750 bits per heavy atom. The van der Waals surface area contributed by atoms with E-state index < -0.39 is 0 Å². The lowest BCUT2D eigenvalue weighted by atomic mass is 10.7. The fourth-order valence-corrected chi connectivity index (χ4v) is 0. The van der Waals surface area contributed by atoms with Crippen LogP contribution >= 0.6 is 0 Å². The highest BCUT2D eigenvalue weighted by atomic mass is 16.2. The summed E-state index contributed by atoms with van der Waals surface area (Å²) >= 11 is 0. The molecule has 0 aliphatic carbocycles. The van der Waals surface area contributed by atoms with Gasteiger partial charge in [0.1, 0.15) is 0 Å². The van der Waals surface area contributed by atoms with Crippen molar-refractivity contribution >= 4 is 11.8 Å². The van der Waals surface area contributed by atoms with E-state index in [0.717, 1.165) is 0 Å². The first-order valence-corrected chi connectivity index (χ1v) is 3.64. The Kier molecular flexibility index (Phi) is 7.48. The second-order valence-electron chi connectivity index (χ2n) is 2.83. The monoisotopic (exact) mass is 174 g/mol. The number of hydrogen-bond acceptors (Lipinski definition) is 2. The van der Waals surface area contributed by atoms with Crippen molar-refractivity contribution < 1.29 is 9.59 Å². The molecule has 0 saturated heterocycles. The lowest BCUT2D eigenvalue weighted by Crippen LogP contribution is -2.17. The van der Waals surface area contributed by atoms with Crippen molar-refractivity contribution in [2.24, 2.45) is 0 Å². The van der Waals surface area contributed by atoms with Gasteiger partial charge in [0, 0.05) is 42.0 Å². The molecule has 0 rings (SSSR count). The molecule has 0 aromatic heterocycles. The first-order valence-electron chi connectivity index (χ1n) is 3.64. The first kappa shape index (κ1) is 13.5. The van der Waals surface area contributed by atoms with Crippen molar-refractivity contribution in [3.63, 3.8) is 0 Å². The van der Waals surface area contributed by atoms with Crippen molar-refractivity contribution in [3.05, 3.63) is 0 Å². The topological polar surface area (TPSA) is 40.6 Å². The zero-order valence-corrected chi connectivity index (χ0v) is 8.71. The highest BCUT2D eigenvalue weighted by Crippen LogP contribution is 1.70. The van der Waals surface area contributed by atoms with Crippen LogP contribution < -0.4 is 0 Å². The second kappa shape index (κ2) is 6.64. The minimum Gasteiger partial charge on any atom is -0.349 e. The maximum absolute atomic E-state index is 10.1. The standard InChI is InChI=1S/2C4H9NO/c2*1-4(6)5(2)3/h2*1-3H3. The first-order chi connectivity index (χ1) is 5.29. The van der Waals surface area contributed by atoms with E-state index in [1.54, 1.807) is 28.2 Å². The SMILES string of the molecule is CC(=O)N(C)C.CC(=O)N(C)C. The van der Waals surface area contributed by atoms with Gasteiger partial charge in [-0.25, -0.2) is 0 Å². The molecular formula is C8H18N2O2. The van der Waals surface area contributed by atoms with Gasteiger partial charge in [0.25, 0.3) is 0 Å². The molecule has 0 aliphatic rings. The minimum atomic E-state index is 0.0926. The smallest absolute Gasteiger partial charge is 0.218 e. The molecule has 0 aliphatic heterocycles. The predicted molar refractivity (Wildman–Crippen MR) is 48.7 cm³/mol. The number of hydrogen-bond donors (Lipinski definition) is 0. The maximum atomic E-state index is 10.1. The third kappa shape index (κ3) is 11.7. The second-order valence-corrected chi connectivity index (χ2v) is 2.83. The average Bonchev–Trinajstić information content (AvgIpc) is 1.88. The van der Waals surface area contributed by atoms with E-state index in [1.807, 2.05) is 0 Å². The molecule has 4 heteroatoms. The van der Waals surface area contributed by atoms with Crippen LogP contribution in [-0.4, -0.2) is 49.8 Å². The fourth-order valence-electron chi connectivity index (χ4n) is 0. The summed E-state index contributed by atoms with van der Waals surface area (Å²) in [6, 6.07) is 0. The molecule has 0 spiro atoms. The number of carbonyl (C=O) groups is 2. The van der Waals surface area contributed by atoms with Gasteiger partial charge in [-0.3, -0.25) is 9.59 Å². The van der Waals surface area contributed by atoms with E-state index in [-0.39, 0.29) is 11.8 Å². The molecule has 2 amide bonds. The largest absolute Gasteiger partial charge is 0.349 e. The van der Waals surface area contributed by atoms with Gasteiger partial charge in [-0.1, -0.05) is 0 Å². The summed E-state index contributed by atoms with van der Waals surface area (Å²) in [6.07, 6.45) is 0. The summed E-state index contributed by atoms with van der Waals surface area (Å²) in [5.41, 5.74) is 0. The number of nitrogens with zero attached hydrogens (tertiary/aromatic N) is 2. The van der Waals surface area contributed by atoms with Gasteiger partial charge in [-0.15, -0.1) is 0 Å². The molecule has 4 nitrogen and oxygen atoms in total. The number of rotatable bonds is 0. The van der Waals surface area contributed by atoms with Crippen LogP contribution in [0.3, 0.4) is 0 Å². The highest BCUT2D eigenvalue weighted by Gasteiger charge is 1.88. The molecule has 0 atom stereocenters. The van der Waals surface area contributed by atoms with E-state index in [9.17, 15) is 9.59 Å². The molecule has 72 valence electrons. The zero-order valence-electron chi connectivity index (χ0n) is 8.71. The lowest BCUT2D eigenvalue weighted by molar-refractivity contribution is -0.127. The van der Waals surface area contributed by atoms with Gasteiger partial charge < -0.3 is 9.80 Å². The van der Waals surface area contributed by atoms with Crippen LogP contribution in [0.15, 0.2) is 0 Å². The van der Waals surface area contributed by atoms with Gasteiger partial charge in [0.05, 0.1) is 0 Å². The molecule has 0 unspecified atom stereocenters. The van der Waals surface area contributed by atoms with Crippen LogP contribution in [0.1, 0.15) is 13.8 Å². The summed E-state index contributed by atoms with van der Waals surface area (Å²) in [5.74, 6) is 0.185. The van der Waals surface area contributed by atoms with Crippen LogP contribution in [0.2, 0.25) is 0 Å². The van der Waals surface area contributed by atoms with E-state index in [0.29, 0.717) is 0 Å². The zero-order chi connectivity index (χ0) is 10.3. The van der Waals surface area contributed by atoms with Crippen LogP contribution in [0.5, 0.6) is 0 Å². The predicted octanol–water partition coefficient (Wildman–Crippen LogP) is 0.189. The van der Waals surface area contributed by atoms with Crippen LogP contribution in [0, 0.1) is 0 Å². The van der Waals surface area contributed by atoms with Crippen LogP contribution in [0.4, 0.5) is 0 Å². The summed E-state index contributed by atoms with van der Waals surface area (Å²) in [6.45, 7) is 3.06. The van der Waals surface area contributed by atoms with E-state index in [4.69, 9.17) is 0 Å². The summed E-state index contributed by atoms with van der Waals surface area (Å²) in [7, 11) is 6.90. The Balaban J connectivity index is 0. The number of amides is 2. The van der Waals surface area contributed by atoms with Gasteiger partial charge in [-0.05, 0) is 0 Å². The molecule has 12 heavy (non-hydrogen) atoms. The Morgan fingerprint density at radius 3 is 0.833 bits per heavy atom. The van der Waals surface area contributed by atoms with Crippen molar-refractivity contribution in [3.8, 4) is 0 Å². The average molecular weight is 174 g/mol. The molecule has 0 aromatic carbocycles. The third-order valence-corrected chi connectivity index (χ3v) is 1.26. The Morgan fingerprint density at radius 2 is 0.833 bits per heavy atom. The molecule has 0 heterocycles. The minimum absolute atomic E-state index is 0.0926. The molecule has 0 radical (unpaired) electrons. The van der Waals surface area contributed by atoms with Crippen LogP contribution in [0.25, 0.3) is 0 Å². The van der Waals surface area contributed by atoms with Gasteiger partial charge >= 0.3 is 0 Å². The van der Waals surface area contributed by atoms with Gasteiger partial charge in [-0.2, -0.15) is 0 Å². The Hall–Kier alpha value is -1.06. The molecule has 0 aromatic rings. The van der Waals surface area contributed by atoms with Crippen molar-refractivity contribution in [1.82, 2.24) is 9.80 Å². The Bertz CT molecular complexity index is 135. The Labute approximate surface area is 74.1 Å². The van der Waals surface area contributed by atoms with E-state index in [1.165, 1.54) is 23.6 Å². The molecule has 0 saturated carbocycles. The van der Waals surface area contributed by atoms with E-state index >= 15 is 0 Å². The molecule has 0 N–H and O–H groups in total. The van der Waals surface area contributed by atoms with Gasteiger partial charge in [0.2, 0.25) is 11.8 Å². The normalized spacial score (nSPS) is 7.83. The summed E-state index contributed by atoms with van der Waals surface area (Å²) in [4.78, 5) is 23.2. The molecule has 0 fully saturated rings. The summed E-state index contributed by atoms with van der Waals surface area (Å²) in [5, 5.41) is 0. The van der Waals surface area contributed by atoms with E-state index in [2.05, 4.69) is 0 Å². The maximum Gasteiger partial charge on any atom is 0.218 e. The van der Waals surface area contributed by atoms with Crippen molar-refractivity contribution in [2.75, 3.05) is 28.2 Å². The molecular weight excluding hydrogens is 156 g/mol. The lowest BCUT2D eigenvalue weighted by Gasteiger charge is -2.02. The van der Waals surface area contributed by atoms with Crippen molar-refractivity contribution in [1.29, 1.82) is 0 Å². The summed E-state index contributed by atoms with van der Waals surface area (Å²) < 4.78 is 0. The van der Waals surface area contributed by atoms with Crippen LogP contribution in [-0.2, 0) is 9.59 Å². The molecule has 0 bridgehead atoms. The number of carbonyl (C=O) groups excluding carboxylic acids is 2. The highest BCUT2D eigenvalue weighted by molar-refractivity contribution is 5.72. The quantitative estimate of drug-likeness (QED) is 0.526. The third-order valence-electron chi connectivity index (χ3n) is 1.26. The fraction of sp³-hybridized carbons (Fsp3) is 0.750. The van der Waals surface area contributed by atoms with Crippen molar-refractivity contribution in [2.45, 2.75) is 13.8 Å². The van der Waals surface area contributed by atoms with Gasteiger partial charge in [0.15, 0.2) is 0 Å².